The van der Waals surface area contributed by atoms with Gasteiger partial charge in [-0.2, -0.15) is 5.10 Å². The maximum atomic E-state index is 11.7. The van der Waals surface area contributed by atoms with Gasteiger partial charge in [0.25, 0.3) is 5.91 Å². The zero-order valence-corrected chi connectivity index (χ0v) is 13.1. The van der Waals surface area contributed by atoms with Crippen molar-refractivity contribution in [1.29, 1.82) is 0 Å². The van der Waals surface area contributed by atoms with Gasteiger partial charge in [0.2, 0.25) is 0 Å². The number of amides is 1. The maximum absolute atomic E-state index is 11.7. The third-order valence-corrected chi connectivity index (χ3v) is 3.07. The summed E-state index contributed by atoms with van der Waals surface area (Å²) in [6.45, 7) is 2.90. The number of rotatable bonds is 8. The highest BCUT2D eigenvalue weighted by Crippen LogP contribution is 2.11. The fourth-order valence-electron chi connectivity index (χ4n) is 1.83. The summed E-state index contributed by atoms with van der Waals surface area (Å²) in [6.07, 6.45) is 9.33. The molecular weight excluding hydrogens is 292 g/mol. The van der Waals surface area contributed by atoms with Gasteiger partial charge < -0.3 is 4.74 Å². The molecule has 6 heteroatoms. The van der Waals surface area contributed by atoms with E-state index in [0.29, 0.717) is 0 Å². The minimum absolute atomic E-state index is 0.223. The minimum atomic E-state index is -0.398. The number of hydrogen-bond acceptors (Lipinski definition) is 5. The largest absolute Gasteiger partial charge is 0.494 e. The normalized spacial score (nSPS) is 10.7. The van der Waals surface area contributed by atoms with E-state index in [1.807, 2.05) is 24.3 Å². The molecule has 0 unspecified atom stereocenters. The van der Waals surface area contributed by atoms with Crippen LogP contribution in [0.2, 0.25) is 0 Å². The molecule has 0 saturated heterocycles. The summed E-state index contributed by atoms with van der Waals surface area (Å²) in [4.78, 5) is 19.4. The van der Waals surface area contributed by atoms with Crippen LogP contribution in [0.4, 0.5) is 0 Å². The number of hydrazone groups is 1. The van der Waals surface area contributed by atoms with E-state index in [4.69, 9.17) is 4.74 Å². The molecule has 1 aromatic carbocycles. The van der Waals surface area contributed by atoms with Crippen LogP contribution < -0.4 is 10.2 Å². The van der Waals surface area contributed by atoms with Crippen molar-refractivity contribution < 1.29 is 9.53 Å². The van der Waals surface area contributed by atoms with Crippen molar-refractivity contribution >= 4 is 12.1 Å². The molecule has 0 atom stereocenters. The molecule has 1 heterocycles. The van der Waals surface area contributed by atoms with E-state index >= 15 is 0 Å². The standard InChI is InChI=1S/C17H20N4O2/c1-2-3-4-11-23-15-7-5-14(6-8-15)12-20-21-17(22)16-13-18-9-10-19-16/h5-10,12-13H,2-4,11H2,1H3,(H,21,22)/b20-12-. The second-order valence-corrected chi connectivity index (χ2v) is 4.91. The molecule has 0 spiro atoms. The monoisotopic (exact) mass is 312 g/mol. The first kappa shape index (κ1) is 16.6. The lowest BCUT2D eigenvalue weighted by molar-refractivity contribution is 0.0949. The lowest BCUT2D eigenvalue weighted by Gasteiger charge is -2.05. The molecule has 6 nitrogen and oxygen atoms in total. The Hall–Kier alpha value is -2.76. The Bertz CT molecular complexity index is 627. The summed E-state index contributed by atoms with van der Waals surface area (Å²) in [5.74, 6) is 0.437. The van der Waals surface area contributed by atoms with Crippen LogP contribution in [0.15, 0.2) is 48.0 Å². The Balaban J connectivity index is 1.80. The molecule has 120 valence electrons. The van der Waals surface area contributed by atoms with E-state index in [9.17, 15) is 4.79 Å². The van der Waals surface area contributed by atoms with E-state index in [2.05, 4.69) is 27.4 Å². The van der Waals surface area contributed by atoms with E-state index in [1.54, 1.807) is 6.21 Å². The van der Waals surface area contributed by atoms with Gasteiger partial charge in [0, 0.05) is 12.4 Å². The molecular formula is C17H20N4O2. The summed E-state index contributed by atoms with van der Waals surface area (Å²) < 4.78 is 5.63. The van der Waals surface area contributed by atoms with Gasteiger partial charge in [-0.05, 0) is 36.2 Å². The first-order valence-corrected chi connectivity index (χ1v) is 7.62. The van der Waals surface area contributed by atoms with E-state index in [-0.39, 0.29) is 5.69 Å². The second kappa shape index (κ2) is 9.30. The molecule has 1 amide bonds. The van der Waals surface area contributed by atoms with Crippen molar-refractivity contribution in [1.82, 2.24) is 15.4 Å². The van der Waals surface area contributed by atoms with Crippen LogP contribution in [0.3, 0.4) is 0 Å². The molecule has 2 aromatic rings. The molecule has 1 N–H and O–H groups in total. The number of aromatic nitrogens is 2. The molecule has 2 rings (SSSR count). The zero-order chi connectivity index (χ0) is 16.3. The molecule has 0 radical (unpaired) electrons. The number of unbranched alkanes of at least 4 members (excludes halogenated alkanes) is 2. The van der Waals surface area contributed by atoms with Gasteiger partial charge in [0.05, 0.1) is 19.0 Å². The number of benzene rings is 1. The third kappa shape index (κ3) is 5.86. The highest BCUT2D eigenvalue weighted by atomic mass is 16.5. The van der Waals surface area contributed by atoms with Crippen LogP contribution in [0.25, 0.3) is 0 Å². The van der Waals surface area contributed by atoms with Crippen molar-refractivity contribution in [2.75, 3.05) is 6.61 Å². The van der Waals surface area contributed by atoms with Crippen molar-refractivity contribution in [2.24, 2.45) is 5.10 Å². The zero-order valence-electron chi connectivity index (χ0n) is 13.1. The molecule has 0 fully saturated rings. The SMILES string of the molecule is CCCCCOc1ccc(/C=N\NC(=O)c2cnccn2)cc1. The number of ether oxygens (including phenoxy) is 1. The number of nitrogens with zero attached hydrogens (tertiary/aromatic N) is 3. The van der Waals surface area contributed by atoms with Gasteiger partial charge in [-0.1, -0.05) is 19.8 Å². The van der Waals surface area contributed by atoms with Gasteiger partial charge in [-0.15, -0.1) is 0 Å². The Morgan fingerprint density at radius 1 is 1.26 bits per heavy atom. The summed E-state index contributed by atoms with van der Waals surface area (Å²) in [6, 6.07) is 7.54. The maximum Gasteiger partial charge on any atom is 0.291 e. The van der Waals surface area contributed by atoms with E-state index < -0.39 is 5.91 Å². The summed E-state index contributed by atoms with van der Waals surface area (Å²) in [5.41, 5.74) is 3.50. The predicted molar refractivity (Wildman–Crippen MR) is 88.6 cm³/mol. The second-order valence-electron chi connectivity index (χ2n) is 4.91. The van der Waals surface area contributed by atoms with E-state index in [1.165, 1.54) is 31.4 Å². The third-order valence-electron chi connectivity index (χ3n) is 3.07. The first-order valence-electron chi connectivity index (χ1n) is 7.62. The fraction of sp³-hybridized carbons (Fsp3) is 0.294. The van der Waals surface area contributed by atoms with Crippen LogP contribution in [0, 0.1) is 0 Å². The molecule has 23 heavy (non-hydrogen) atoms. The van der Waals surface area contributed by atoms with E-state index in [0.717, 1.165) is 24.3 Å². The van der Waals surface area contributed by atoms with Gasteiger partial charge >= 0.3 is 0 Å². The van der Waals surface area contributed by atoms with Crippen LogP contribution in [0.1, 0.15) is 42.2 Å². The van der Waals surface area contributed by atoms with Gasteiger partial charge in [0.1, 0.15) is 11.4 Å². The summed E-state index contributed by atoms with van der Waals surface area (Å²) >= 11 is 0. The van der Waals surface area contributed by atoms with Crippen molar-refractivity contribution in [2.45, 2.75) is 26.2 Å². The van der Waals surface area contributed by atoms with Gasteiger partial charge in [-0.25, -0.2) is 10.4 Å². The highest BCUT2D eigenvalue weighted by Gasteiger charge is 2.04. The average molecular weight is 312 g/mol. The van der Waals surface area contributed by atoms with Gasteiger partial charge in [-0.3, -0.25) is 9.78 Å². The summed E-state index contributed by atoms with van der Waals surface area (Å²) in [5, 5.41) is 3.90. The number of carbonyl (C=O) groups excluding carboxylic acids is 1. The van der Waals surface area contributed by atoms with Crippen molar-refractivity contribution in [3.63, 3.8) is 0 Å². The molecule has 0 saturated carbocycles. The van der Waals surface area contributed by atoms with Crippen LogP contribution in [-0.4, -0.2) is 28.7 Å². The predicted octanol–water partition coefficient (Wildman–Crippen LogP) is 2.81. The Morgan fingerprint density at radius 2 is 2.09 bits per heavy atom. The number of hydrogen-bond donors (Lipinski definition) is 1. The summed E-state index contributed by atoms with van der Waals surface area (Å²) in [7, 11) is 0. The minimum Gasteiger partial charge on any atom is -0.494 e. The van der Waals surface area contributed by atoms with Crippen LogP contribution in [0.5, 0.6) is 5.75 Å². The van der Waals surface area contributed by atoms with Crippen molar-refractivity contribution in [3.05, 3.63) is 54.1 Å². The quantitative estimate of drug-likeness (QED) is 0.462. The Morgan fingerprint density at radius 3 is 2.78 bits per heavy atom. The van der Waals surface area contributed by atoms with Crippen molar-refractivity contribution in [3.8, 4) is 5.75 Å². The Kier molecular flexibility index (Phi) is 6.71. The first-order chi connectivity index (χ1) is 11.3. The lowest BCUT2D eigenvalue weighted by Crippen LogP contribution is -2.19. The topological polar surface area (TPSA) is 76.5 Å². The average Bonchev–Trinajstić information content (AvgIpc) is 2.60. The molecule has 0 aliphatic rings. The molecule has 0 aliphatic carbocycles. The molecule has 1 aromatic heterocycles. The molecule has 0 bridgehead atoms. The number of nitrogens with one attached hydrogen (secondary N) is 1. The Labute approximate surface area is 135 Å². The molecule has 0 aliphatic heterocycles. The van der Waals surface area contributed by atoms with Gasteiger partial charge in [0.15, 0.2) is 0 Å². The number of carbonyl (C=O) groups is 1. The lowest BCUT2D eigenvalue weighted by atomic mass is 10.2. The smallest absolute Gasteiger partial charge is 0.291 e. The van der Waals surface area contributed by atoms with Crippen LogP contribution >= 0.6 is 0 Å². The van der Waals surface area contributed by atoms with Crippen LogP contribution in [-0.2, 0) is 0 Å². The fourth-order valence-corrected chi connectivity index (χ4v) is 1.83. The highest BCUT2D eigenvalue weighted by molar-refractivity contribution is 5.92.